The minimum Gasteiger partial charge on any atom is -0.482 e. The number of allylic oxidation sites excluding steroid dienone is 1. The Bertz CT molecular complexity index is 818. The summed E-state index contributed by atoms with van der Waals surface area (Å²) in [5, 5.41) is 28.5. The summed E-state index contributed by atoms with van der Waals surface area (Å²) in [5.74, 6) is -0.660. The van der Waals surface area contributed by atoms with Gasteiger partial charge in [-0.25, -0.2) is 4.79 Å². The number of hydrogen-bond acceptors (Lipinski definition) is 5. The van der Waals surface area contributed by atoms with Crippen molar-refractivity contribution in [3.63, 3.8) is 0 Å². The van der Waals surface area contributed by atoms with Gasteiger partial charge in [-0.15, -0.1) is 0 Å². The molecule has 0 atom stereocenters. The standard InChI is InChI=1S/C17H12N2O5/c18-10-14(13-3-5-15(6-4-13)19(22)23)9-12-1-7-16(8-2-12)24-11-17(20)21/h1-9H,11H2,(H,20,21)/b14-9+. The second kappa shape index (κ2) is 7.56. The lowest BCUT2D eigenvalue weighted by Gasteiger charge is -2.04. The molecule has 0 aliphatic carbocycles. The van der Waals surface area contributed by atoms with Crippen molar-refractivity contribution in [1.29, 1.82) is 5.26 Å². The van der Waals surface area contributed by atoms with E-state index >= 15 is 0 Å². The summed E-state index contributed by atoms with van der Waals surface area (Å²) in [5.41, 5.74) is 1.59. The van der Waals surface area contributed by atoms with Crippen LogP contribution in [0.4, 0.5) is 5.69 Å². The van der Waals surface area contributed by atoms with Crippen molar-refractivity contribution in [3.8, 4) is 11.8 Å². The van der Waals surface area contributed by atoms with Gasteiger partial charge >= 0.3 is 5.97 Å². The Labute approximate surface area is 137 Å². The van der Waals surface area contributed by atoms with Crippen molar-refractivity contribution in [1.82, 2.24) is 0 Å². The fraction of sp³-hybridized carbons (Fsp3) is 0.0588. The molecule has 0 aliphatic rings. The van der Waals surface area contributed by atoms with E-state index in [0.29, 0.717) is 22.4 Å². The van der Waals surface area contributed by atoms with Gasteiger partial charge in [0.05, 0.1) is 16.6 Å². The monoisotopic (exact) mass is 324 g/mol. The van der Waals surface area contributed by atoms with Gasteiger partial charge in [-0.05, 0) is 41.5 Å². The highest BCUT2D eigenvalue weighted by Gasteiger charge is 2.07. The van der Waals surface area contributed by atoms with Gasteiger partial charge in [0, 0.05) is 12.1 Å². The Morgan fingerprint density at radius 2 is 1.83 bits per heavy atom. The molecule has 0 bridgehead atoms. The number of ether oxygens (including phenoxy) is 1. The van der Waals surface area contributed by atoms with Crippen LogP contribution in [-0.2, 0) is 4.79 Å². The van der Waals surface area contributed by atoms with E-state index in [1.165, 1.54) is 24.3 Å². The van der Waals surface area contributed by atoms with E-state index in [2.05, 4.69) is 6.07 Å². The second-order valence-electron chi connectivity index (χ2n) is 4.73. The molecule has 2 rings (SSSR count). The molecule has 0 spiro atoms. The Balaban J connectivity index is 2.19. The maximum absolute atomic E-state index is 10.6. The average Bonchev–Trinajstić information content (AvgIpc) is 2.59. The third-order valence-electron chi connectivity index (χ3n) is 3.06. The van der Waals surface area contributed by atoms with E-state index in [1.807, 2.05) is 0 Å². The van der Waals surface area contributed by atoms with Crippen LogP contribution in [0.5, 0.6) is 5.75 Å². The number of carbonyl (C=O) groups is 1. The predicted octanol–water partition coefficient (Wildman–Crippen LogP) is 3.12. The van der Waals surface area contributed by atoms with Gasteiger partial charge in [0.15, 0.2) is 6.61 Å². The quantitative estimate of drug-likeness (QED) is 0.378. The molecular formula is C17H12N2O5. The summed E-state index contributed by atoms with van der Waals surface area (Å²) < 4.78 is 5.02. The summed E-state index contributed by atoms with van der Waals surface area (Å²) in [6.07, 6.45) is 1.63. The lowest BCUT2D eigenvalue weighted by atomic mass is 10.0. The molecule has 0 unspecified atom stereocenters. The highest BCUT2D eigenvalue weighted by Crippen LogP contribution is 2.22. The van der Waals surface area contributed by atoms with Crippen molar-refractivity contribution in [2.75, 3.05) is 6.61 Å². The molecular weight excluding hydrogens is 312 g/mol. The SMILES string of the molecule is N#C/C(=C\c1ccc(OCC(=O)O)cc1)c1ccc([N+](=O)[O-])cc1. The lowest BCUT2D eigenvalue weighted by Crippen LogP contribution is -2.09. The minimum absolute atomic E-state index is 0.0454. The zero-order valence-electron chi connectivity index (χ0n) is 12.4. The third kappa shape index (κ3) is 4.42. The summed E-state index contributed by atoms with van der Waals surface area (Å²) >= 11 is 0. The Morgan fingerprint density at radius 3 is 2.33 bits per heavy atom. The number of nitro benzene ring substituents is 1. The van der Waals surface area contributed by atoms with Crippen LogP contribution in [0.1, 0.15) is 11.1 Å². The maximum Gasteiger partial charge on any atom is 0.341 e. The minimum atomic E-state index is -1.07. The van der Waals surface area contributed by atoms with Gasteiger partial charge in [0.25, 0.3) is 5.69 Å². The Kier molecular flexibility index (Phi) is 5.26. The number of benzene rings is 2. The molecule has 2 aromatic carbocycles. The summed E-state index contributed by atoms with van der Waals surface area (Å²) in [6.45, 7) is -0.429. The van der Waals surface area contributed by atoms with Crippen LogP contribution >= 0.6 is 0 Å². The highest BCUT2D eigenvalue weighted by molar-refractivity contribution is 5.89. The van der Waals surface area contributed by atoms with E-state index in [1.54, 1.807) is 30.3 Å². The number of aliphatic carboxylic acids is 1. The second-order valence-corrected chi connectivity index (χ2v) is 4.73. The fourth-order valence-electron chi connectivity index (χ4n) is 1.91. The maximum atomic E-state index is 10.6. The average molecular weight is 324 g/mol. The van der Waals surface area contributed by atoms with Crippen LogP contribution in [0.3, 0.4) is 0 Å². The normalized spacial score (nSPS) is 10.7. The molecule has 2 aromatic rings. The number of nitro groups is 1. The Morgan fingerprint density at radius 1 is 1.21 bits per heavy atom. The molecule has 1 N–H and O–H groups in total. The number of nitriles is 1. The van der Waals surface area contributed by atoms with Gasteiger partial charge in [-0.2, -0.15) is 5.26 Å². The number of carboxylic acid groups (broad SMARTS) is 1. The van der Waals surface area contributed by atoms with Crippen LogP contribution in [0.2, 0.25) is 0 Å². The fourth-order valence-corrected chi connectivity index (χ4v) is 1.91. The van der Waals surface area contributed by atoms with Crippen molar-refractivity contribution in [2.24, 2.45) is 0 Å². The van der Waals surface area contributed by atoms with Crippen LogP contribution in [0.25, 0.3) is 11.6 Å². The molecule has 120 valence electrons. The zero-order valence-corrected chi connectivity index (χ0v) is 12.4. The van der Waals surface area contributed by atoms with E-state index in [4.69, 9.17) is 9.84 Å². The molecule has 0 amide bonds. The van der Waals surface area contributed by atoms with Gasteiger partial charge in [0.2, 0.25) is 0 Å². The highest BCUT2D eigenvalue weighted by atomic mass is 16.6. The number of rotatable bonds is 6. The smallest absolute Gasteiger partial charge is 0.341 e. The van der Waals surface area contributed by atoms with Gasteiger partial charge in [0.1, 0.15) is 5.75 Å². The zero-order chi connectivity index (χ0) is 17.5. The molecule has 0 saturated carbocycles. The summed E-state index contributed by atoms with van der Waals surface area (Å²) in [7, 11) is 0. The number of non-ortho nitro benzene ring substituents is 1. The van der Waals surface area contributed by atoms with Crippen LogP contribution in [0.15, 0.2) is 48.5 Å². The van der Waals surface area contributed by atoms with Crippen molar-refractivity contribution < 1.29 is 19.6 Å². The number of hydrogen-bond donors (Lipinski definition) is 1. The lowest BCUT2D eigenvalue weighted by molar-refractivity contribution is -0.384. The first-order chi connectivity index (χ1) is 11.5. The molecule has 0 aromatic heterocycles. The predicted molar refractivity (Wildman–Crippen MR) is 86.2 cm³/mol. The third-order valence-corrected chi connectivity index (χ3v) is 3.06. The van der Waals surface area contributed by atoms with Crippen LogP contribution < -0.4 is 4.74 Å². The molecule has 7 heteroatoms. The molecule has 0 radical (unpaired) electrons. The first kappa shape index (κ1) is 16.7. The molecule has 0 saturated heterocycles. The number of nitrogens with zero attached hydrogens (tertiary/aromatic N) is 2. The summed E-state index contributed by atoms with van der Waals surface area (Å²) in [6, 6.07) is 14.3. The topological polar surface area (TPSA) is 113 Å². The largest absolute Gasteiger partial charge is 0.482 e. The number of carboxylic acids is 1. The first-order valence-electron chi connectivity index (χ1n) is 6.81. The van der Waals surface area contributed by atoms with E-state index in [0.717, 1.165) is 0 Å². The van der Waals surface area contributed by atoms with Crippen molar-refractivity contribution in [3.05, 3.63) is 69.8 Å². The molecule has 0 aliphatic heterocycles. The molecule has 7 nitrogen and oxygen atoms in total. The molecule has 0 fully saturated rings. The molecule has 24 heavy (non-hydrogen) atoms. The van der Waals surface area contributed by atoms with Gasteiger partial charge in [-0.3, -0.25) is 10.1 Å². The van der Waals surface area contributed by atoms with Crippen molar-refractivity contribution >= 4 is 23.3 Å². The summed E-state index contributed by atoms with van der Waals surface area (Å²) in [4.78, 5) is 20.6. The van der Waals surface area contributed by atoms with E-state index < -0.39 is 17.5 Å². The van der Waals surface area contributed by atoms with Gasteiger partial charge < -0.3 is 9.84 Å². The van der Waals surface area contributed by atoms with Crippen molar-refractivity contribution in [2.45, 2.75) is 0 Å². The van der Waals surface area contributed by atoms with Crippen LogP contribution in [0, 0.1) is 21.4 Å². The molecule has 0 heterocycles. The van der Waals surface area contributed by atoms with E-state index in [9.17, 15) is 20.2 Å². The Hall–Kier alpha value is -3.66. The first-order valence-corrected chi connectivity index (χ1v) is 6.81. The van der Waals surface area contributed by atoms with Crippen LogP contribution in [-0.4, -0.2) is 22.6 Å². The van der Waals surface area contributed by atoms with E-state index in [-0.39, 0.29) is 5.69 Å². The van der Waals surface area contributed by atoms with Gasteiger partial charge in [-0.1, -0.05) is 12.1 Å².